The van der Waals surface area contributed by atoms with Gasteiger partial charge in [0, 0.05) is 26.2 Å². The topological polar surface area (TPSA) is 47.7 Å². The lowest BCUT2D eigenvalue weighted by Gasteiger charge is -2.37. The van der Waals surface area contributed by atoms with Gasteiger partial charge in [0.25, 0.3) is 0 Å². The predicted octanol–water partition coefficient (Wildman–Crippen LogP) is 2.46. The fraction of sp³-hybridized carbons (Fsp3) is 0.600. The molecule has 20 heavy (non-hydrogen) atoms. The maximum atomic E-state index is 6.22. The van der Waals surface area contributed by atoms with Crippen molar-refractivity contribution in [3.05, 3.63) is 28.8 Å². The standard InChI is InChI=1S/C15H23ClN2O2/c1-19-12-4-3-7-18(10-12)14(9-17)11-5-6-15(20-2)13(16)8-11/h5-6,8,12,14H,3-4,7,9-10,17H2,1-2H3. The van der Waals surface area contributed by atoms with E-state index in [4.69, 9.17) is 26.8 Å². The first-order valence-electron chi connectivity index (χ1n) is 7.00. The first kappa shape index (κ1) is 15.6. The van der Waals surface area contributed by atoms with Crippen molar-refractivity contribution in [3.8, 4) is 5.75 Å². The number of benzene rings is 1. The third-order valence-electron chi connectivity index (χ3n) is 3.97. The maximum Gasteiger partial charge on any atom is 0.137 e. The van der Waals surface area contributed by atoms with Gasteiger partial charge in [0.2, 0.25) is 0 Å². The normalized spacial score (nSPS) is 21.7. The minimum atomic E-state index is 0.177. The van der Waals surface area contributed by atoms with Crippen LogP contribution in [-0.2, 0) is 4.74 Å². The van der Waals surface area contributed by atoms with Crippen LogP contribution in [0.1, 0.15) is 24.4 Å². The zero-order valence-electron chi connectivity index (χ0n) is 12.1. The Kier molecular flexibility index (Phi) is 5.66. The van der Waals surface area contributed by atoms with Crippen LogP contribution in [0.15, 0.2) is 18.2 Å². The summed E-state index contributed by atoms with van der Waals surface area (Å²) in [4.78, 5) is 2.38. The number of likely N-dealkylation sites (tertiary alicyclic amines) is 1. The lowest BCUT2D eigenvalue weighted by molar-refractivity contribution is 0.0155. The van der Waals surface area contributed by atoms with E-state index in [1.807, 2.05) is 18.2 Å². The zero-order valence-corrected chi connectivity index (χ0v) is 12.9. The average Bonchev–Trinajstić information content (AvgIpc) is 2.48. The quantitative estimate of drug-likeness (QED) is 0.907. The van der Waals surface area contributed by atoms with Gasteiger partial charge >= 0.3 is 0 Å². The van der Waals surface area contributed by atoms with Gasteiger partial charge in [-0.15, -0.1) is 0 Å². The highest BCUT2D eigenvalue weighted by Gasteiger charge is 2.26. The van der Waals surface area contributed by atoms with E-state index in [2.05, 4.69) is 4.90 Å². The SMILES string of the molecule is COc1ccc(C(CN)N2CCCC(OC)C2)cc1Cl. The van der Waals surface area contributed by atoms with Crippen molar-refractivity contribution in [1.82, 2.24) is 4.90 Å². The van der Waals surface area contributed by atoms with Crippen molar-refractivity contribution in [3.63, 3.8) is 0 Å². The molecule has 1 aromatic rings. The molecule has 1 heterocycles. The van der Waals surface area contributed by atoms with Gasteiger partial charge in [-0.3, -0.25) is 4.90 Å². The van der Waals surface area contributed by atoms with Crippen LogP contribution in [0, 0.1) is 0 Å². The summed E-state index contributed by atoms with van der Waals surface area (Å²) >= 11 is 6.22. The number of nitrogens with two attached hydrogens (primary N) is 1. The third kappa shape index (κ3) is 3.44. The first-order chi connectivity index (χ1) is 9.69. The molecule has 2 atom stereocenters. The van der Waals surface area contributed by atoms with Gasteiger partial charge in [-0.1, -0.05) is 17.7 Å². The largest absolute Gasteiger partial charge is 0.495 e. The first-order valence-corrected chi connectivity index (χ1v) is 7.37. The second kappa shape index (κ2) is 7.27. The van der Waals surface area contributed by atoms with Gasteiger partial charge in [0.1, 0.15) is 5.75 Å². The fourth-order valence-corrected chi connectivity index (χ4v) is 3.09. The molecule has 0 radical (unpaired) electrons. The molecular weight excluding hydrogens is 276 g/mol. The van der Waals surface area contributed by atoms with Crippen LogP contribution in [0.4, 0.5) is 0 Å². The molecule has 112 valence electrons. The lowest BCUT2D eigenvalue weighted by Crippen LogP contribution is -2.43. The van der Waals surface area contributed by atoms with Gasteiger partial charge < -0.3 is 15.2 Å². The Labute approximate surface area is 125 Å². The Balaban J connectivity index is 2.16. The zero-order chi connectivity index (χ0) is 14.5. The molecule has 4 nitrogen and oxygen atoms in total. The summed E-state index contributed by atoms with van der Waals surface area (Å²) in [6.07, 6.45) is 2.55. The smallest absolute Gasteiger partial charge is 0.137 e. The highest BCUT2D eigenvalue weighted by Crippen LogP contribution is 2.31. The summed E-state index contributed by atoms with van der Waals surface area (Å²) in [7, 11) is 3.39. The molecule has 0 aromatic heterocycles. The van der Waals surface area contributed by atoms with Crippen molar-refractivity contribution < 1.29 is 9.47 Å². The van der Waals surface area contributed by atoms with E-state index in [0.29, 0.717) is 23.4 Å². The summed E-state index contributed by atoms with van der Waals surface area (Å²) in [6.45, 7) is 2.53. The van der Waals surface area contributed by atoms with Gasteiger partial charge in [-0.25, -0.2) is 0 Å². The number of nitrogens with zero attached hydrogens (tertiary/aromatic N) is 1. The number of hydrogen-bond acceptors (Lipinski definition) is 4. The Morgan fingerprint density at radius 1 is 1.45 bits per heavy atom. The molecule has 2 unspecified atom stereocenters. The van der Waals surface area contributed by atoms with Crippen molar-refractivity contribution >= 4 is 11.6 Å². The highest BCUT2D eigenvalue weighted by atomic mass is 35.5. The molecule has 2 rings (SSSR count). The van der Waals surface area contributed by atoms with Crippen LogP contribution in [0.5, 0.6) is 5.75 Å². The van der Waals surface area contributed by atoms with Gasteiger partial charge in [-0.05, 0) is 37.1 Å². The molecule has 1 fully saturated rings. The average molecular weight is 299 g/mol. The van der Waals surface area contributed by atoms with Crippen molar-refractivity contribution in [2.75, 3.05) is 33.9 Å². The van der Waals surface area contributed by atoms with Crippen molar-refractivity contribution in [2.45, 2.75) is 25.0 Å². The number of ether oxygens (including phenoxy) is 2. The molecule has 2 N–H and O–H groups in total. The summed E-state index contributed by atoms with van der Waals surface area (Å²) in [5, 5.41) is 0.628. The lowest BCUT2D eigenvalue weighted by atomic mass is 10.0. The number of halogens is 1. The molecule has 0 bridgehead atoms. The minimum absolute atomic E-state index is 0.177. The van der Waals surface area contributed by atoms with E-state index in [1.165, 1.54) is 0 Å². The van der Waals surface area contributed by atoms with E-state index in [0.717, 1.165) is 31.5 Å². The van der Waals surface area contributed by atoms with Crippen molar-refractivity contribution in [1.29, 1.82) is 0 Å². The molecule has 0 saturated carbocycles. The summed E-state index contributed by atoms with van der Waals surface area (Å²) in [6, 6.07) is 6.07. The third-order valence-corrected chi connectivity index (χ3v) is 4.26. The molecule has 1 saturated heterocycles. The van der Waals surface area contributed by atoms with E-state index in [9.17, 15) is 0 Å². The fourth-order valence-electron chi connectivity index (χ4n) is 2.83. The van der Waals surface area contributed by atoms with E-state index < -0.39 is 0 Å². The molecule has 0 spiro atoms. The Hall–Kier alpha value is -0.810. The van der Waals surface area contributed by atoms with Gasteiger partial charge in [-0.2, -0.15) is 0 Å². The molecule has 0 amide bonds. The van der Waals surface area contributed by atoms with Gasteiger partial charge in [0.05, 0.1) is 18.2 Å². The number of hydrogen-bond donors (Lipinski definition) is 1. The molecule has 1 aliphatic heterocycles. The molecule has 0 aliphatic carbocycles. The Bertz CT molecular complexity index is 442. The minimum Gasteiger partial charge on any atom is -0.495 e. The second-order valence-corrected chi connectivity index (χ2v) is 5.55. The van der Waals surface area contributed by atoms with Crippen LogP contribution in [0.3, 0.4) is 0 Å². The number of methoxy groups -OCH3 is 2. The highest BCUT2D eigenvalue weighted by molar-refractivity contribution is 6.32. The molecule has 1 aromatic carbocycles. The summed E-state index contributed by atoms with van der Waals surface area (Å²) < 4.78 is 10.7. The summed E-state index contributed by atoms with van der Waals surface area (Å²) in [5.41, 5.74) is 7.12. The summed E-state index contributed by atoms with van der Waals surface area (Å²) in [5.74, 6) is 0.694. The number of piperidine rings is 1. The Morgan fingerprint density at radius 2 is 2.25 bits per heavy atom. The van der Waals surface area contributed by atoms with Crippen LogP contribution >= 0.6 is 11.6 Å². The maximum absolute atomic E-state index is 6.22. The van der Waals surface area contributed by atoms with Crippen LogP contribution in [0.25, 0.3) is 0 Å². The van der Waals surface area contributed by atoms with Crippen LogP contribution < -0.4 is 10.5 Å². The molecular formula is C15H23ClN2O2. The molecule has 1 aliphatic rings. The monoisotopic (exact) mass is 298 g/mol. The Morgan fingerprint density at radius 3 is 2.85 bits per heavy atom. The predicted molar refractivity (Wildman–Crippen MR) is 81.4 cm³/mol. The number of rotatable bonds is 5. The van der Waals surface area contributed by atoms with Crippen molar-refractivity contribution in [2.24, 2.45) is 5.73 Å². The van der Waals surface area contributed by atoms with Crippen LogP contribution in [0.2, 0.25) is 5.02 Å². The van der Waals surface area contributed by atoms with E-state index in [1.54, 1.807) is 14.2 Å². The van der Waals surface area contributed by atoms with Crippen LogP contribution in [-0.4, -0.2) is 44.9 Å². The van der Waals surface area contributed by atoms with Gasteiger partial charge in [0.15, 0.2) is 0 Å². The van der Waals surface area contributed by atoms with E-state index >= 15 is 0 Å². The second-order valence-electron chi connectivity index (χ2n) is 5.14. The van der Waals surface area contributed by atoms with E-state index in [-0.39, 0.29) is 6.04 Å². The molecule has 5 heteroatoms.